The number of methoxy groups -OCH3 is 1. The molecule has 1 rings (SSSR count). The number of carbonyl (C=O) groups is 2. The number of ether oxygens (including phenoxy) is 1. The van der Waals surface area contributed by atoms with Crippen molar-refractivity contribution >= 4 is 21.8 Å². The predicted octanol–water partition coefficient (Wildman–Crippen LogP) is 2.01. The molecule has 0 heterocycles. The quantitative estimate of drug-likeness (QED) is 0.312. The molecule has 0 aromatic heterocycles. The molecule has 36 heavy (non-hydrogen) atoms. The minimum atomic E-state index is -3.68. The largest absolute Gasteiger partial charge is 0.453 e. The van der Waals surface area contributed by atoms with Gasteiger partial charge in [0.1, 0.15) is 17.7 Å². The Morgan fingerprint density at radius 1 is 1.19 bits per heavy atom. The standard InChI is InChI=1S/C24H39F2N3O6S/c1-5-6-9-36(33,34)15-21(28-24(32)35-4)23(31)29(8-7-16(2)3)14-22(30)20(27)12-17-10-18(25)13-19(26)11-17/h10-11,13,16,20-22,30H,5-9,12,14-15,27H2,1-4H3,(H,28,32)/t20-,21+,22+/m0/s1. The van der Waals surface area contributed by atoms with E-state index in [1.165, 1.54) is 4.90 Å². The van der Waals surface area contributed by atoms with Crippen LogP contribution >= 0.6 is 0 Å². The van der Waals surface area contributed by atoms with Gasteiger partial charge >= 0.3 is 6.09 Å². The Balaban J connectivity index is 3.10. The smallest absolute Gasteiger partial charge is 0.407 e. The summed E-state index contributed by atoms with van der Waals surface area (Å²) in [5.41, 5.74) is 6.31. The summed E-state index contributed by atoms with van der Waals surface area (Å²) in [6, 6.07) is 0.540. The van der Waals surface area contributed by atoms with Crippen LogP contribution in [0.1, 0.15) is 45.6 Å². The van der Waals surface area contributed by atoms with Gasteiger partial charge in [0.15, 0.2) is 9.84 Å². The van der Waals surface area contributed by atoms with Crippen LogP contribution in [0.4, 0.5) is 13.6 Å². The number of unbranched alkanes of at least 4 members (excludes halogenated alkanes) is 1. The zero-order valence-electron chi connectivity index (χ0n) is 21.4. The molecule has 1 aromatic carbocycles. The normalized spacial score (nSPS) is 14.2. The molecule has 4 N–H and O–H groups in total. The molecule has 0 radical (unpaired) electrons. The highest BCUT2D eigenvalue weighted by atomic mass is 32.2. The second-order valence-electron chi connectivity index (χ2n) is 9.34. The van der Waals surface area contributed by atoms with Gasteiger partial charge in [0.2, 0.25) is 5.91 Å². The van der Waals surface area contributed by atoms with Gasteiger partial charge in [-0.25, -0.2) is 22.0 Å². The summed E-state index contributed by atoms with van der Waals surface area (Å²) in [7, 11) is -2.58. The summed E-state index contributed by atoms with van der Waals surface area (Å²) >= 11 is 0. The summed E-state index contributed by atoms with van der Waals surface area (Å²) in [5, 5.41) is 13.0. The van der Waals surface area contributed by atoms with E-state index in [-0.39, 0.29) is 36.7 Å². The molecule has 3 atom stereocenters. The van der Waals surface area contributed by atoms with Crippen LogP contribution in [0.15, 0.2) is 18.2 Å². The first kappa shape index (κ1) is 31.7. The molecule has 206 valence electrons. The van der Waals surface area contributed by atoms with Crippen molar-refractivity contribution < 1.29 is 36.6 Å². The average molecular weight is 536 g/mol. The van der Waals surface area contributed by atoms with Crippen molar-refractivity contribution in [1.82, 2.24) is 10.2 Å². The minimum absolute atomic E-state index is 0.0582. The van der Waals surface area contributed by atoms with Crippen LogP contribution in [-0.2, 0) is 25.8 Å². The van der Waals surface area contributed by atoms with Gasteiger partial charge < -0.3 is 25.8 Å². The number of aliphatic hydroxyl groups excluding tert-OH is 1. The SMILES string of the molecule is CCCCS(=O)(=O)C[C@@H](NC(=O)OC)C(=O)N(CCC(C)C)C[C@@H](O)[C@@H](N)Cc1cc(F)cc(F)c1. The Kier molecular flexibility index (Phi) is 13.3. The number of hydrogen-bond donors (Lipinski definition) is 3. The fraction of sp³-hybridized carbons (Fsp3) is 0.667. The number of hydrogen-bond acceptors (Lipinski definition) is 7. The first-order chi connectivity index (χ1) is 16.8. The van der Waals surface area contributed by atoms with E-state index in [4.69, 9.17) is 5.73 Å². The maximum atomic E-state index is 13.5. The number of carbonyl (C=O) groups excluding carboxylic acids is 2. The van der Waals surface area contributed by atoms with Crippen molar-refractivity contribution in [2.24, 2.45) is 11.7 Å². The van der Waals surface area contributed by atoms with Gasteiger partial charge in [0.25, 0.3) is 0 Å². The molecule has 0 fully saturated rings. The molecule has 2 amide bonds. The fourth-order valence-electron chi connectivity index (χ4n) is 3.50. The predicted molar refractivity (Wildman–Crippen MR) is 133 cm³/mol. The Morgan fingerprint density at radius 2 is 1.81 bits per heavy atom. The molecule has 0 aliphatic carbocycles. The topological polar surface area (TPSA) is 139 Å². The summed E-state index contributed by atoms with van der Waals surface area (Å²) < 4.78 is 56.7. The molecule has 0 saturated heterocycles. The second kappa shape index (κ2) is 15.1. The number of alkyl carbamates (subject to hydrolysis) is 1. The third-order valence-electron chi connectivity index (χ3n) is 5.59. The summed E-state index contributed by atoms with van der Waals surface area (Å²) in [6.07, 6.45) is -0.723. The molecule has 0 spiro atoms. The zero-order valence-corrected chi connectivity index (χ0v) is 22.2. The number of aliphatic hydroxyl groups is 1. The highest BCUT2D eigenvalue weighted by molar-refractivity contribution is 7.91. The van der Waals surface area contributed by atoms with Crippen LogP contribution in [-0.4, -0.2) is 80.3 Å². The van der Waals surface area contributed by atoms with Crippen molar-refractivity contribution in [3.05, 3.63) is 35.4 Å². The first-order valence-electron chi connectivity index (χ1n) is 12.0. The first-order valence-corrected chi connectivity index (χ1v) is 13.8. The van der Waals surface area contributed by atoms with Gasteiger partial charge in [-0.15, -0.1) is 0 Å². The molecule has 1 aromatic rings. The van der Waals surface area contributed by atoms with Crippen LogP contribution in [0.25, 0.3) is 0 Å². The highest BCUT2D eigenvalue weighted by Crippen LogP contribution is 2.13. The van der Waals surface area contributed by atoms with Crippen molar-refractivity contribution in [2.45, 2.75) is 64.6 Å². The number of sulfone groups is 1. The number of halogens is 2. The van der Waals surface area contributed by atoms with E-state index in [0.717, 1.165) is 25.3 Å². The van der Waals surface area contributed by atoms with Crippen LogP contribution in [0.3, 0.4) is 0 Å². The molecular weight excluding hydrogens is 496 g/mol. The monoisotopic (exact) mass is 535 g/mol. The summed E-state index contributed by atoms with van der Waals surface area (Å²) in [5.74, 6) is -2.84. The number of rotatable bonds is 15. The minimum Gasteiger partial charge on any atom is -0.453 e. The van der Waals surface area contributed by atoms with Crippen LogP contribution in [0.5, 0.6) is 0 Å². The van der Waals surface area contributed by atoms with Crippen molar-refractivity contribution in [3.63, 3.8) is 0 Å². The summed E-state index contributed by atoms with van der Waals surface area (Å²) in [4.78, 5) is 26.5. The van der Waals surface area contributed by atoms with Crippen LogP contribution in [0, 0.1) is 17.6 Å². The average Bonchev–Trinajstić information content (AvgIpc) is 2.78. The molecule has 0 unspecified atom stereocenters. The third-order valence-corrected chi connectivity index (χ3v) is 7.34. The number of nitrogens with zero attached hydrogens (tertiary/aromatic N) is 1. The summed E-state index contributed by atoms with van der Waals surface area (Å²) in [6.45, 7) is 5.61. The molecule has 0 saturated carbocycles. The van der Waals surface area contributed by atoms with Gasteiger partial charge in [-0.3, -0.25) is 4.79 Å². The van der Waals surface area contributed by atoms with Crippen molar-refractivity contribution in [1.29, 1.82) is 0 Å². The number of amides is 2. The number of nitrogens with two attached hydrogens (primary N) is 1. The molecule has 9 nitrogen and oxygen atoms in total. The maximum absolute atomic E-state index is 13.5. The lowest BCUT2D eigenvalue weighted by molar-refractivity contribution is -0.134. The molecule has 0 bridgehead atoms. The highest BCUT2D eigenvalue weighted by Gasteiger charge is 2.32. The van der Waals surface area contributed by atoms with E-state index in [2.05, 4.69) is 10.1 Å². The van der Waals surface area contributed by atoms with E-state index in [1.54, 1.807) is 0 Å². The number of nitrogens with one attached hydrogen (secondary N) is 1. The lowest BCUT2D eigenvalue weighted by Crippen LogP contribution is -2.55. The Hall–Kier alpha value is -2.31. The van der Waals surface area contributed by atoms with Gasteiger partial charge in [0, 0.05) is 25.2 Å². The third kappa shape index (κ3) is 11.6. The van der Waals surface area contributed by atoms with E-state index in [0.29, 0.717) is 19.3 Å². The van der Waals surface area contributed by atoms with E-state index >= 15 is 0 Å². The van der Waals surface area contributed by atoms with Gasteiger partial charge in [-0.05, 0) is 42.9 Å². The second-order valence-corrected chi connectivity index (χ2v) is 11.6. The lowest BCUT2D eigenvalue weighted by Gasteiger charge is -2.31. The van der Waals surface area contributed by atoms with Crippen LogP contribution in [0.2, 0.25) is 0 Å². The lowest BCUT2D eigenvalue weighted by atomic mass is 10.0. The Morgan fingerprint density at radius 3 is 2.33 bits per heavy atom. The molecular formula is C24H39F2N3O6S. The van der Waals surface area contributed by atoms with Crippen LogP contribution < -0.4 is 11.1 Å². The van der Waals surface area contributed by atoms with Gasteiger partial charge in [0.05, 0.1) is 24.7 Å². The maximum Gasteiger partial charge on any atom is 0.407 e. The fourth-order valence-corrected chi connectivity index (χ4v) is 5.13. The Labute approximate surface area is 212 Å². The molecule has 0 aliphatic heterocycles. The van der Waals surface area contributed by atoms with E-state index in [9.17, 15) is 31.9 Å². The molecule has 0 aliphatic rings. The Bertz CT molecular complexity index is 941. The van der Waals surface area contributed by atoms with E-state index in [1.807, 2.05) is 20.8 Å². The van der Waals surface area contributed by atoms with Gasteiger partial charge in [-0.2, -0.15) is 0 Å². The van der Waals surface area contributed by atoms with Crippen molar-refractivity contribution in [3.8, 4) is 0 Å². The van der Waals surface area contributed by atoms with Gasteiger partial charge in [-0.1, -0.05) is 27.2 Å². The molecule has 12 heteroatoms. The van der Waals surface area contributed by atoms with E-state index < -0.39 is 57.4 Å². The number of benzene rings is 1. The zero-order chi connectivity index (χ0) is 27.5. The van der Waals surface area contributed by atoms with Crippen molar-refractivity contribution in [2.75, 3.05) is 31.7 Å².